The maximum Gasteiger partial charge on any atom is 0.227 e. The Bertz CT molecular complexity index is 541. The van der Waals surface area contributed by atoms with E-state index in [1.54, 1.807) is 0 Å². The molecule has 0 radical (unpaired) electrons. The molecule has 0 unspecified atom stereocenters. The van der Waals surface area contributed by atoms with Crippen molar-refractivity contribution in [2.45, 2.75) is 19.4 Å². The van der Waals surface area contributed by atoms with Crippen LogP contribution in [0.1, 0.15) is 18.4 Å². The number of benzene rings is 1. The van der Waals surface area contributed by atoms with Gasteiger partial charge in [0.2, 0.25) is 5.91 Å². The van der Waals surface area contributed by atoms with Gasteiger partial charge < -0.3 is 9.80 Å². The van der Waals surface area contributed by atoms with E-state index in [1.807, 2.05) is 0 Å². The molecule has 1 aromatic carbocycles. The van der Waals surface area contributed by atoms with Crippen molar-refractivity contribution in [3.63, 3.8) is 0 Å². The minimum Gasteiger partial charge on any atom is -0.341 e. The summed E-state index contributed by atoms with van der Waals surface area (Å²) in [5.74, 6) is 1.20. The standard InChI is InChI=1S/C19H27N3O/c23-19-18-15-21(12-16-6-2-1-3-7-16)13-17(18)14-22(19)11-10-20-8-4-5-9-20/h1-3,6-7,17-18H,4-5,8-15H2/t17-,18-/m0/s1. The number of likely N-dealkylation sites (tertiary alicyclic amines) is 3. The average molecular weight is 313 g/mol. The Morgan fingerprint density at radius 3 is 2.43 bits per heavy atom. The van der Waals surface area contributed by atoms with Crippen LogP contribution in [-0.2, 0) is 11.3 Å². The fourth-order valence-electron chi connectivity index (χ4n) is 4.47. The summed E-state index contributed by atoms with van der Waals surface area (Å²) in [4.78, 5) is 19.8. The van der Waals surface area contributed by atoms with Gasteiger partial charge in [0.25, 0.3) is 0 Å². The maximum absolute atomic E-state index is 12.7. The number of nitrogens with zero attached hydrogens (tertiary/aromatic N) is 3. The van der Waals surface area contributed by atoms with Crippen LogP contribution in [0.3, 0.4) is 0 Å². The van der Waals surface area contributed by atoms with Crippen LogP contribution in [0.5, 0.6) is 0 Å². The quantitative estimate of drug-likeness (QED) is 0.827. The van der Waals surface area contributed by atoms with Crippen LogP contribution in [0.2, 0.25) is 0 Å². The Kier molecular flexibility index (Phi) is 4.36. The molecule has 0 aliphatic carbocycles. The van der Waals surface area contributed by atoms with Crippen molar-refractivity contribution in [3.05, 3.63) is 35.9 Å². The Labute approximate surface area is 139 Å². The topological polar surface area (TPSA) is 26.8 Å². The van der Waals surface area contributed by atoms with Gasteiger partial charge in [-0.1, -0.05) is 30.3 Å². The van der Waals surface area contributed by atoms with E-state index in [0.717, 1.165) is 39.3 Å². The molecule has 0 spiro atoms. The van der Waals surface area contributed by atoms with E-state index in [1.165, 1.54) is 31.5 Å². The van der Waals surface area contributed by atoms with Gasteiger partial charge in [-0.3, -0.25) is 9.69 Å². The first-order valence-corrected chi connectivity index (χ1v) is 9.07. The van der Waals surface area contributed by atoms with Crippen molar-refractivity contribution >= 4 is 5.91 Å². The predicted octanol–water partition coefficient (Wildman–Crippen LogP) is 1.67. The molecule has 0 saturated carbocycles. The summed E-state index contributed by atoms with van der Waals surface area (Å²) in [6.45, 7) is 8.42. The molecule has 4 rings (SSSR count). The van der Waals surface area contributed by atoms with Gasteiger partial charge in [0.1, 0.15) is 0 Å². The lowest BCUT2D eigenvalue weighted by Gasteiger charge is -2.24. The molecule has 0 aromatic heterocycles. The summed E-state index contributed by atoms with van der Waals surface area (Å²) in [6.07, 6.45) is 2.65. The third kappa shape index (κ3) is 3.29. The van der Waals surface area contributed by atoms with Crippen molar-refractivity contribution in [3.8, 4) is 0 Å². The first kappa shape index (κ1) is 15.2. The number of hydrogen-bond acceptors (Lipinski definition) is 3. The largest absolute Gasteiger partial charge is 0.341 e. The van der Waals surface area contributed by atoms with Crippen molar-refractivity contribution in [2.75, 3.05) is 45.8 Å². The number of carbonyl (C=O) groups excluding carboxylic acids is 1. The molecule has 3 aliphatic rings. The van der Waals surface area contributed by atoms with Crippen LogP contribution in [0.25, 0.3) is 0 Å². The lowest BCUT2D eigenvalue weighted by molar-refractivity contribution is -0.131. The van der Waals surface area contributed by atoms with Crippen LogP contribution in [-0.4, -0.2) is 66.4 Å². The highest BCUT2D eigenvalue weighted by atomic mass is 16.2. The number of hydrogen-bond donors (Lipinski definition) is 0. The molecule has 2 atom stereocenters. The zero-order chi connectivity index (χ0) is 15.6. The van der Waals surface area contributed by atoms with Crippen LogP contribution in [0, 0.1) is 11.8 Å². The maximum atomic E-state index is 12.7. The molecular weight excluding hydrogens is 286 g/mol. The summed E-state index contributed by atoms with van der Waals surface area (Å²) < 4.78 is 0. The monoisotopic (exact) mass is 313 g/mol. The van der Waals surface area contributed by atoms with E-state index in [-0.39, 0.29) is 5.92 Å². The summed E-state index contributed by atoms with van der Waals surface area (Å²) in [7, 11) is 0. The van der Waals surface area contributed by atoms with Gasteiger partial charge in [0.15, 0.2) is 0 Å². The average Bonchev–Trinajstić information content (AvgIpc) is 3.26. The highest BCUT2D eigenvalue weighted by Gasteiger charge is 2.45. The molecular formula is C19H27N3O. The summed E-state index contributed by atoms with van der Waals surface area (Å²) >= 11 is 0. The zero-order valence-electron chi connectivity index (χ0n) is 13.9. The minimum atomic E-state index is 0.247. The van der Waals surface area contributed by atoms with Crippen LogP contribution >= 0.6 is 0 Å². The number of fused-ring (bicyclic) bond motifs is 1. The zero-order valence-corrected chi connectivity index (χ0v) is 13.9. The van der Waals surface area contributed by atoms with Gasteiger partial charge in [-0.25, -0.2) is 0 Å². The number of amides is 1. The third-order valence-electron chi connectivity index (χ3n) is 5.73. The molecule has 0 N–H and O–H groups in total. The summed E-state index contributed by atoms with van der Waals surface area (Å²) in [5.41, 5.74) is 1.35. The van der Waals surface area contributed by atoms with Crippen molar-refractivity contribution in [1.29, 1.82) is 0 Å². The molecule has 23 heavy (non-hydrogen) atoms. The van der Waals surface area contributed by atoms with Gasteiger partial charge in [-0.05, 0) is 31.5 Å². The second-order valence-electron chi connectivity index (χ2n) is 7.38. The fourth-order valence-corrected chi connectivity index (χ4v) is 4.47. The molecule has 4 nitrogen and oxygen atoms in total. The number of carbonyl (C=O) groups is 1. The van der Waals surface area contributed by atoms with E-state index in [2.05, 4.69) is 45.0 Å². The molecule has 3 fully saturated rings. The van der Waals surface area contributed by atoms with E-state index >= 15 is 0 Å². The Balaban J connectivity index is 1.28. The molecule has 124 valence electrons. The van der Waals surface area contributed by atoms with Gasteiger partial charge in [-0.2, -0.15) is 0 Å². The highest BCUT2D eigenvalue weighted by Crippen LogP contribution is 2.32. The molecule has 0 bridgehead atoms. The second kappa shape index (κ2) is 6.62. The Hall–Kier alpha value is -1.39. The first-order valence-electron chi connectivity index (χ1n) is 9.07. The first-order chi connectivity index (χ1) is 11.3. The van der Waals surface area contributed by atoms with E-state index in [0.29, 0.717) is 11.8 Å². The van der Waals surface area contributed by atoms with Crippen molar-refractivity contribution in [2.24, 2.45) is 11.8 Å². The lowest BCUT2D eigenvalue weighted by atomic mass is 10.0. The van der Waals surface area contributed by atoms with Gasteiger partial charge in [-0.15, -0.1) is 0 Å². The SMILES string of the molecule is O=C1[C@H]2CN(Cc3ccccc3)C[C@H]2CN1CCN1CCCC1. The third-order valence-corrected chi connectivity index (χ3v) is 5.73. The lowest BCUT2D eigenvalue weighted by Crippen LogP contribution is -2.37. The van der Waals surface area contributed by atoms with E-state index < -0.39 is 0 Å². The van der Waals surface area contributed by atoms with Crippen LogP contribution in [0.15, 0.2) is 30.3 Å². The minimum absolute atomic E-state index is 0.247. The van der Waals surface area contributed by atoms with Crippen molar-refractivity contribution < 1.29 is 4.79 Å². The van der Waals surface area contributed by atoms with Gasteiger partial charge >= 0.3 is 0 Å². The molecule has 1 aromatic rings. The number of rotatable bonds is 5. The highest BCUT2D eigenvalue weighted by molar-refractivity contribution is 5.82. The van der Waals surface area contributed by atoms with Crippen LogP contribution < -0.4 is 0 Å². The van der Waals surface area contributed by atoms with Crippen LogP contribution in [0.4, 0.5) is 0 Å². The predicted molar refractivity (Wildman–Crippen MR) is 91.0 cm³/mol. The Morgan fingerprint density at radius 2 is 1.70 bits per heavy atom. The van der Waals surface area contributed by atoms with E-state index in [9.17, 15) is 4.79 Å². The summed E-state index contributed by atoms with van der Waals surface area (Å²) in [6, 6.07) is 10.6. The van der Waals surface area contributed by atoms with Crippen molar-refractivity contribution in [1.82, 2.24) is 14.7 Å². The molecule has 4 heteroatoms. The second-order valence-corrected chi connectivity index (χ2v) is 7.38. The Morgan fingerprint density at radius 1 is 0.913 bits per heavy atom. The van der Waals surface area contributed by atoms with E-state index in [4.69, 9.17) is 0 Å². The summed E-state index contributed by atoms with van der Waals surface area (Å²) in [5, 5.41) is 0. The van der Waals surface area contributed by atoms with Gasteiger partial charge in [0.05, 0.1) is 5.92 Å². The molecule has 3 aliphatic heterocycles. The fraction of sp³-hybridized carbons (Fsp3) is 0.632. The smallest absolute Gasteiger partial charge is 0.227 e. The normalized spacial score (nSPS) is 28.7. The molecule has 3 heterocycles. The molecule has 1 amide bonds. The molecule has 3 saturated heterocycles. The van der Waals surface area contributed by atoms with Gasteiger partial charge in [0, 0.05) is 45.2 Å².